The number of ether oxygens (including phenoxy) is 1. The summed E-state index contributed by atoms with van der Waals surface area (Å²) in [6.45, 7) is 1.14. The van der Waals surface area contributed by atoms with Crippen molar-refractivity contribution in [1.82, 2.24) is 15.1 Å². The molecule has 0 unspecified atom stereocenters. The predicted octanol–water partition coefficient (Wildman–Crippen LogP) is 6.61. The number of allylic oxidation sites excluding steroid dienone is 2. The Morgan fingerprint density at radius 3 is 2.50 bits per heavy atom. The topological polar surface area (TPSA) is 122 Å². The summed E-state index contributed by atoms with van der Waals surface area (Å²) in [6, 6.07) is 7.32. The molecule has 0 bridgehead atoms. The lowest BCUT2D eigenvalue weighted by atomic mass is 9.63. The molecule has 4 aromatic rings. The fourth-order valence-electron chi connectivity index (χ4n) is 6.33. The van der Waals surface area contributed by atoms with Crippen molar-refractivity contribution in [2.24, 2.45) is 5.41 Å². The lowest BCUT2D eigenvalue weighted by molar-refractivity contribution is 0.0691. The Morgan fingerprint density at radius 2 is 1.83 bits per heavy atom. The molecule has 1 spiro atoms. The average molecular weight is 607 g/mol. The summed E-state index contributed by atoms with van der Waals surface area (Å²) >= 11 is 13.0. The Morgan fingerprint density at radius 1 is 1.12 bits per heavy atom. The smallest absolute Gasteiger partial charge is 0.356 e. The number of fused-ring (bicyclic) bond motifs is 1. The number of carbonyl (C=O) groups is 1. The van der Waals surface area contributed by atoms with Gasteiger partial charge in [-0.15, -0.1) is 0 Å². The van der Waals surface area contributed by atoms with Gasteiger partial charge in [-0.25, -0.2) is 9.78 Å². The molecule has 0 atom stereocenters. The number of aromatic nitrogens is 3. The normalized spacial score (nSPS) is 17.8. The highest BCUT2D eigenvalue weighted by molar-refractivity contribution is 6.39. The van der Waals surface area contributed by atoms with Crippen LogP contribution in [0.2, 0.25) is 10.0 Å². The molecule has 0 amide bonds. The van der Waals surface area contributed by atoms with Crippen LogP contribution in [0.15, 0.2) is 47.3 Å². The first-order chi connectivity index (χ1) is 20.4. The van der Waals surface area contributed by atoms with Crippen LogP contribution in [0.1, 0.15) is 59.8 Å². The Bertz CT molecular complexity index is 1720. The molecule has 3 aromatic heterocycles. The van der Waals surface area contributed by atoms with Gasteiger partial charge in [0.2, 0.25) is 0 Å². The Hall–Kier alpha value is -3.66. The fourth-order valence-corrected chi connectivity index (χ4v) is 6.87. The molecule has 216 valence electrons. The number of aliphatic hydroxyl groups excluding tert-OH is 1. The van der Waals surface area contributed by atoms with E-state index in [2.05, 4.69) is 26.1 Å². The van der Waals surface area contributed by atoms with Crippen molar-refractivity contribution in [3.8, 4) is 17.0 Å². The number of halogens is 2. The summed E-state index contributed by atoms with van der Waals surface area (Å²) in [7, 11) is 0. The zero-order valence-corrected chi connectivity index (χ0v) is 24.2. The van der Waals surface area contributed by atoms with Crippen molar-refractivity contribution >= 4 is 51.3 Å². The van der Waals surface area contributed by atoms with Crippen LogP contribution in [0.25, 0.3) is 27.7 Å². The van der Waals surface area contributed by atoms with E-state index in [1.165, 1.54) is 5.57 Å². The van der Waals surface area contributed by atoms with Crippen molar-refractivity contribution in [2.45, 2.75) is 38.0 Å². The van der Waals surface area contributed by atoms with E-state index in [-0.39, 0.29) is 24.3 Å². The number of aliphatic hydroxyl groups is 1. The van der Waals surface area contributed by atoms with Crippen molar-refractivity contribution in [3.63, 3.8) is 0 Å². The number of rotatable bonds is 8. The van der Waals surface area contributed by atoms with E-state index in [1.54, 1.807) is 18.5 Å². The number of carboxylic acids is 1. The summed E-state index contributed by atoms with van der Waals surface area (Å²) in [5, 5.41) is 25.6. The lowest BCUT2D eigenvalue weighted by Crippen LogP contribution is -2.43. The third-order valence-electron chi connectivity index (χ3n) is 8.54. The Kier molecular flexibility index (Phi) is 6.84. The molecule has 1 aromatic carbocycles. The van der Waals surface area contributed by atoms with Crippen LogP contribution in [0, 0.1) is 5.41 Å². The minimum absolute atomic E-state index is 0.0210. The first-order valence-electron chi connectivity index (χ1n) is 14.0. The third kappa shape index (κ3) is 4.60. The molecule has 2 fully saturated rings. The van der Waals surface area contributed by atoms with Gasteiger partial charge in [0.15, 0.2) is 11.4 Å². The summed E-state index contributed by atoms with van der Waals surface area (Å²) in [5.41, 5.74) is 4.40. The van der Waals surface area contributed by atoms with Crippen LogP contribution in [0.3, 0.4) is 0 Å². The number of piperidine rings is 1. The number of carboxylic acid groups (broad SMARTS) is 1. The molecule has 3 aliphatic rings. The largest absolute Gasteiger partial charge is 0.488 e. The summed E-state index contributed by atoms with van der Waals surface area (Å²) in [4.78, 5) is 23.0. The van der Waals surface area contributed by atoms with E-state index in [1.807, 2.05) is 18.2 Å². The van der Waals surface area contributed by atoms with Gasteiger partial charge in [-0.05, 0) is 55.2 Å². The van der Waals surface area contributed by atoms with Gasteiger partial charge in [0, 0.05) is 47.9 Å². The van der Waals surface area contributed by atoms with Gasteiger partial charge in [0.1, 0.15) is 23.7 Å². The highest BCUT2D eigenvalue weighted by Crippen LogP contribution is 2.57. The minimum Gasteiger partial charge on any atom is -0.488 e. The van der Waals surface area contributed by atoms with E-state index in [9.17, 15) is 15.0 Å². The SMILES string of the molecule is O=C(O)c1nc2ccccc2c(OCCO)c1N1CCC2(C=C(c3c(-c4c(Cl)cncc4Cl)noc3C3CC3)C2)CC1. The number of benzene rings is 1. The maximum atomic E-state index is 12.4. The first-order valence-corrected chi connectivity index (χ1v) is 14.8. The van der Waals surface area contributed by atoms with Gasteiger partial charge >= 0.3 is 5.97 Å². The number of nitrogens with zero attached hydrogens (tertiary/aromatic N) is 4. The molecule has 11 heteroatoms. The summed E-state index contributed by atoms with van der Waals surface area (Å²) in [5.74, 6) is 0.581. The molecule has 1 saturated heterocycles. The van der Waals surface area contributed by atoms with Crippen LogP contribution in [-0.2, 0) is 0 Å². The molecular weight excluding hydrogens is 579 g/mol. The molecule has 0 radical (unpaired) electrons. The zero-order valence-electron chi connectivity index (χ0n) is 22.6. The van der Waals surface area contributed by atoms with Crippen LogP contribution in [0.4, 0.5) is 5.69 Å². The quantitative estimate of drug-likeness (QED) is 0.228. The van der Waals surface area contributed by atoms with Gasteiger partial charge in [0.25, 0.3) is 0 Å². The first kappa shape index (κ1) is 27.2. The molecule has 4 heterocycles. The van der Waals surface area contributed by atoms with Gasteiger partial charge in [-0.1, -0.05) is 46.6 Å². The van der Waals surface area contributed by atoms with Crippen LogP contribution >= 0.6 is 23.2 Å². The Balaban J connectivity index is 1.20. The van der Waals surface area contributed by atoms with E-state index in [0.29, 0.717) is 57.3 Å². The highest BCUT2D eigenvalue weighted by Gasteiger charge is 2.45. The molecule has 2 aliphatic carbocycles. The Labute approximate surface area is 251 Å². The second kappa shape index (κ2) is 10.6. The number of para-hydroxylation sites is 1. The van der Waals surface area contributed by atoms with E-state index in [0.717, 1.165) is 48.8 Å². The number of hydrogen-bond acceptors (Lipinski definition) is 8. The van der Waals surface area contributed by atoms with Crippen LogP contribution in [0.5, 0.6) is 5.75 Å². The molecule has 2 N–H and O–H groups in total. The van der Waals surface area contributed by atoms with Gasteiger partial charge in [-0.2, -0.15) is 0 Å². The third-order valence-corrected chi connectivity index (χ3v) is 9.11. The molecule has 1 aliphatic heterocycles. The zero-order chi connectivity index (χ0) is 29.0. The number of pyridine rings is 2. The molecule has 42 heavy (non-hydrogen) atoms. The average Bonchev–Trinajstić information content (AvgIpc) is 3.73. The van der Waals surface area contributed by atoms with E-state index >= 15 is 0 Å². The monoisotopic (exact) mass is 606 g/mol. The van der Waals surface area contributed by atoms with Crippen molar-refractivity contribution in [2.75, 3.05) is 31.2 Å². The van der Waals surface area contributed by atoms with Gasteiger partial charge in [-0.3, -0.25) is 4.98 Å². The summed E-state index contributed by atoms with van der Waals surface area (Å²) in [6.07, 6.45) is 10.1. The molecule has 9 nitrogen and oxygen atoms in total. The van der Waals surface area contributed by atoms with Gasteiger partial charge in [0.05, 0.1) is 22.2 Å². The van der Waals surface area contributed by atoms with E-state index < -0.39 is 5.97 Å². The van der Waals surface area contributed by atoms with Crippen molar-refractivity contribution in [3.05, 3.63) is 69.8 Å². The number of hydrogen-bond donors (Lipinski definition) is 2. The van der Waals surface area contributed by atoms with Gasteiger partial charge < -0.3 is 24.4 Å². The van der Waals surface area contributed by atoms with Crippen LogP contribution < -0.4 is 9.64 Å². The van der Waals surface area contributed by atoms with E-state index in [4.69, 9.17) is 32.5 Å². The maximum absolute atomic E-state index is 12.4. The molecule has 7 rings (SSSR count). The molecule has 1 saturated carbocycles. The van der Waals surface area contributed by atoms with Crippen LogP contribution in [-0.4, -0.2) is 57.6 Å². The summed E-state index contributed by atoms with van der Waals surface area (Å²) < 4.78 is 11.8. The second-order valence-electron chi connectivity index (χ2n) is 11.3. The number of aromatic carboxylic acids is 1. The van der Waals surface area contributed by atoms with Crippen molar-refractivity contribution < 1.29 is 24.3 Å². The second-order valence-corrected chi connectivity index (χ2v) is 12.1. The lowest BCUT2D eigenvalue weighted by Gasteiger charge is -2.47. The predicted molar refractivity (Wildman–Crippen MR) is 159 cm³/mol. The fraction of sp³-hybridized carbons (Fsp3) is 0.355. The molecular formula is C31H28Cl2N4O5. The minimum atomic E-state index is -1.11. The van der Waals surface area contributed by atoms with Crippen molar-refractivity contribution in [1.29, 1.82) is 0 Å². The maximum Gasteiger partial charge on any atom is 0.356 e. The highest BCUT2D eigenvalue weighted by atomic mass is 35.5. The standard InChI is InChI=1S/C31H28Cl2N4O5/c32-20-15-34-16-21(33)24(20)25-23(28(42-36-25)17-5-6-17)18-13-31(14-18)7-9-37(10-8-31)27-26(30(39)40)35-22-4-2-1-3-19(22)29(27)41-12-11-38/h1-4,13,15-17,38H,5-12,14H2,(H,39,40). The number of anilines is 1.